The van der Waals surface area contributed by atoms with Crippen LogP contribution in [0.4, 0.5) is 10.5 Å². The van der Waals surface area contributed by atoms with Gasteiger partial charge in [-0.05, 0) is 36.8 Å². The molecule has 20 heavy (non-hydrogen) atoms. The van der Waals surface area contributed by atoms with Crippen molar-refractivity contribution in [1.29, 1.82) is 0 Å². The van der Waals surface area contributed by atoms with Gasteiger partial charge in [-0.3, -0.25) is 10.1 Å². The van der Waals surface area contributed by atoms with Gasteiger partial charge in [0.2, 0.25) is 0 Å². The molecule has 0 aromatic heterocycles. The number of nitrogens with zero attached hydrogens (tertiary/aromatic N) is 2. The van der Waals surface area contributed by atoms with Crippen LogP contribution < -0.4 is 0 Å². The average molecular weight is 280 g/mol. The number of carboxylic acid groups (broad SMARTS) is 1. The highest BCUT2D eigenvalue weighted by atomic mass is 16.6. The summed E-state index contributed by atoms with van der Waals surface area (Å²) in [5, 5.41) is 29.0. The third-order valence-electron chi connectivity index (χ3n) is 3.65. The highest BCUT2D eigenvalue weighted by molar-refractivity contribution is 5.65. The van der Waals surface area contributed by atoms with Crippen molar-refractivity contribution in [2.45, 2.75) is 19.3 Å². The Morgan fingerprint density at radius 3 is 2.60 bits per heavy atom. The van der Waals surface area contributed by atoms with E-state index in [0.717, 1.165) is 18.4 Å². The van der Waals surface area contributed by atoms with Crippen LogP contribution in [0.3, 0.4) is 0 Å². The van der Waals surface area contributed by atoms with Crippen molar-refractivity contribution in [3.63, 3.8) is 0 Å². The SMILES string of the molecule is O=C(O)N1CCC(Cc2ccc(O)c([N+](=O)[O-])c2)CC1. The summed E-state index contributed by atoms with van der Waals surface area (Å²) in [7, 11) is 0. The molecule has 0 bridgehead atoms. The molecule has 1 amide bonds. The molecule has 1 fully saturated rings. The second kappa shape index (κ2) is 5.77. The smallest absolute Gasteiger partial charge is 0.407 e. The molecular weight excluding hydrogens is 264 g/mol. The molecule has 1 aromatic rings. The van der Waals surface area contributed by atoms with Crippen LogP contribution in [-0.4, -0.2) is 39.2 Å². The van der Waals surface area contributed by atoms with E-state index >= 15 is 0 Å². The van der Waals surface area contributed by atoms with Gasteiger partial charge >= 0.3 is 11.8 Å². The number of phenols is 1. The van der Waals surface area contributed by atoms with Crippen molar-refractivity contribution in [1.82, 2.24) is 4.90 Å². The normalized spacial score (nSPS) is 16.1. The first-order chi connectivity index (χ1) is 9.47. The lowest BCUT2D eigenvalue weighted by atomic mass is 9.90. The molecule has 1 saturated heterocycles. The summed E-state index contributed by atoms with van der Waals surface area (Å²) < 4.78 is 0. The number of nitro groups is 1. The Labute approximate surface area is 115 Å². The number of amides is 1. The first-order valence-electron chi connectivity index (χ1n) is 6.41. The number of hydrogen-bond acceptors (Lipinski definition) is 4. The van der Waals surface area contributed by atoms with E-state index in [1.807, 2.05) is 0 Å². The van der Waals surface area contributed by atoms with Gasteiger partial charge in [0.1, 0.15) is 0 Å². The van der Waals surface area contributed by atoms with Crippen molar-refractivity contribution in [3.8, 4) is 5.75 Å². The highest BCUT2D eigenvalue weighted by Crippen LogP contribution is 2.29. The fourth-order valence-electron chi connectivity index (χ4n) is 2.50. The minimum atomic E-state index is -0.899. The maximum atomic E-state index is 10.8. The summed E-state index contributed by atoms with van der Waals surface area (Å²) in [4.78, 5) is 22.3. The molecule has 2 N–H and O–H groups in total. The summed E-state index contributed by atoms with van der Waals surface area (Å²) in [6.07, 6.45) is 1.26. The van der Waals surface area contributed by atoms with Crippen LogP contribution in [0.15, 0.2) is 18.2 Å². The lowest BCUT2D eigenvalue weighted by molar-refractivity contribution is -0.385. The zero-order valence-corrected chi connectivity index (χ0v) is 10.9. The van der Waals surface area contributed by atoms with E-state index in [0.29, 0.717) is 25.4 Å². The van der Waals surface area contributed by atoms with E-state index in [2.05, 4.69) is 0 Å². The Morgan fingerprint density at radius 1 is 1.40 bits per heavy atom. The fourth-order valence-corrected chi connectivity index (χ4v) is 2.50. The van der Waals surface area contributed by atoms with Crippen molar-refractivity contribution >= 4 is 11.8 Å². The van der Waals surface area contributed by atoms with Gasteiger partial charge in [0, 0.05) is 19.2 Å². The van der Waals surface area contributed by atoms with Crippen LogP contribution in [0.1, 0.15) is 18.4 Å². The van der Waals surface area contributed by atoms with E-state index in [-0.39, 0.29) is 11.4 Å². The van der Waals surface area contributed by atoms with E-state index in [1.165, 1.54) is 17.0 Å². The fraction of sp³-hybridized carbons (Fsp3) is 0.462. The van der Waals surface area contributed by atoms with Crippen molar-refractivity contribution < 1.29 is 19.9 Å². The van der Waals surface area contributed by atoms with Gasteiger partial charge in [-0.25, -0.2) is 4.79 Å². The highest BCUT2D eigenvalue weighted by Gasteiger charge is 2.23. The van der Waals surface area contributed by atoms with Gasteiger partial charge in [-0.15, -0.1) is 0 Å². The van der Waals surface area contributed by atoms with Crippen LogP contribution in [0.25, 0.3) is 0 Å². The van der Waals surface area contributed by atoms with Gasteiger partial charge in [0.15, 0.2) is 5.75 Å². The van der Waals surface area contributed by atoms with E-state index in [4.69, 9.17) is 5.11 Å². The largest absolute Gasteiger partial charge is 0.502 e. The van der Waals surface area contributed by atoms with Gasteiger partial charge in [-0.2, -0.15) is 0 Å². The number of aromatic hydroxyl groups is 1. The molecule has 0 unspecified atom stereocenters. The summed E-state index contributed by atoms with van der Waals surface area (Å²) in [6.45, 7) is 1.00. The molecule has 1 aromatic carbocycles. The Hall–Kier alpha value is -2.31. The Bertz CT molecular complexity index is 523. The molecule has 1 heterocycles. The summed E-state index contributed by atoms with van der Waals surface area (Å²) in [5.74, 6) is -0.0193. The van der Waals surface area contributed by atoms with Crippen LogP contribution in [0, 0.1) is 16.0 Å². The van der Waals surface area contributed by atoms with Crippen molar-refractivity contribution in [2.75, 3.05) is 13.1 Å². The van der Waals surface area contributed by atoms with Gasteiger partial charge in [0.05, 0.1) is 4.92 Å². The molecule has 0 saturated carbocycles. The number of nitro benzene ring substituents is 1. The van der Waals surface area contributed by atoms with E-state index < -0.39 is 11.0 Å². The third kappa shape index (κ3) is 3.17. The van der Waals surface area contributed by atoms with Crippen LogP contribution in [-0.2, 0) is 6.42 Å². The van der Waals surface area contributed by atoms with Gasteiger partial charge < -0.3 is 15.1 Å². The number of phenolic OH excluding ortho intramolecular Hbond substituents is 1. The van der Waals surface area contributed by atoms with E-state index in [1.54, 1.807) is 6.07 Å². The minimum absolute atomic E-state index is 0.287. The Morgan fingerprint density at radius 2 is 2.05 bits per heavy atom. The molecule has 7 nitrogen and oxygen atoms in total. The second-order valence-electron chi connectivity index (χ2n) is 5.00. The monoisotopic (exact) mass is 280 g/mol. The summed E-state index contributed by atoms with van der Waals surface area (Å²) in [5.41, 5.74) is 0.508. The van der Waals surface area contributed by atoms with Crippen LogP contribution in [0.2, 0.25) is 0 Å². The zero-order valence-electron chi connectivity index (χ0n) is 10.9. The number of carbonyl (C=O) groups is 1. The molecule has 0 aliphatic carbocycles. The number of likely N-dealkylation sites (tertiary alicyclic amines) is 1. The molecule has 0 spiro atoms. The molecule has 1 aliphatic heterocycles. The molecule has 2 rings (SSSR count). The maximum Gasteiger partial charge on any atom is 0.407 e. The van der Waals surface area contributed by atoms with Crippen LogP contribution >= 0.6 is 0 Å². The average Bonchev–Trinajstić information content (AvgIpc) is 2.41. The second-order valence-corrected chi connectivity index (χ2v) is 5.00. The molecule has 0 atom stereocenters. The standard InChI is InChI=1S/C13H16N2O5/c16-12-2-1-10(8-11(12)15(19)20)7-9-3-5-14(6-4-9)13(17)18/h1-2,8-9,16H,3-7H2,(H,17,18). The maximum absolute atomic E-state index is 10.8. The summed E-state index contributed by atoms with van der Waals surface area (Å²) >= 11 is 0. The Kier molecular flexibility index (Phi) is 4.07. The molecule has 108 valence electrons. The molecule has 7 heteroatoms. The quantitative estimate of drug-likeness (QED) is 0.652. The predicted molar refractivity (Wildman–Crippen MR) is 70.8 cm³/mol. The predicted octanol–water partition coefficient (Wildman–Crippen LogP) is 2.23. The first kappa shape index (κ1) is 14.1. The van der Waals surface area contributed by atoms with Crippen molar-refractivity contribution in [2.24, 2.45) is 5.92 Å². The summed E-state index contributed by atoms with van der Waals surface area (Å²) in [6, 6.07) is 4.39. The van der Waals surface area contributed by atoms with Crippen LogP contribution in [0.5, 0.6) is 5.75 Å². The number of benzene rings is 1. The molecular formula is C13H16N2O5. The zero-order chi connectivity index (χ0) is 14.7. The third-order valence-corrected chi connectivity index (χ3v) is 3.65. The number of rotatable bonds is 3. The molecule has 1 aliphatic rings. The van der Waals surface area contributed by atoms with Crippen molar-refractivity contribution in [3.05, 3.63) is 33.9 Å². The lowest BCUT2D eigenvalue weighted by Gasteiger charge is -2.29. The Balaban J connectivity index is 1.99. The van der Waals surface area contributed by atoms with Gasteiger partial charge in [0.25, 0.3) is 0 Å². The van der Waals surface area contributed by atoms with Gasteiger partial charge in [-0.1, -0.05) is 6.07 Å². The topological polar surface area (TPSA) is 104 Å². The lowest BCUT2D eigenvalue weighted by Crippen LogP contribution is -2.37. The van der Waals surface area contributed by atoms with E-state index in [9.17, 15) is 20.0 Å². The molecule has 0 radical (unpaired) electrons. The number of hydrogen-bond donors (Lipinski definition) is 2. The minimum Gasteiger partial charge on any atom is -0.502 e. The number of piperidine rings is 1. The first-order valence-corrected chi connectivity index (χ1v) is 6.41.